The monoisotopic (exact) mass is 307 g/mol. The van der Waals surface area contributed by atoms with Gasteiger partial charge in [-0.05, 0) is 36.4 Å². The van der Waals surface area contributed by atoms with Gasteiger partial charge in [0.25, 0.3) is 5.91 Å². The Morgan fingerprint density at radius 1 is 1.19 bits per heavy atom. The molecular formula is C16H15F2NOS. The molecule has 0 spiro atoms. The van der Waals surface area contributed by atoms with E-state index in [1.807, 2.05) is 12.1 Å². The van der Waals surface area contributed by atoms with Gasteiger partial charge >= 0.3 is 0 Å². The van der Waals surface area contributed by atoms with Gasteiger partial charge in [0.15, 0.2) is 0 Å². The van der Waals surface area contributed by atoms with E-state index in [1.54, 1.807) is 23.9 Å². The minimum Gasteiger partial charge on any atom is -0.319 e. The van der Waals surface area contributed by atoms with E-state index in [0.717, 1.165) is 29.2 Å². The van der Waals surface area contributed by atoms with E-state index in [0.29, 0.717) is 5.56 Å². The van der Waals surface area contributed by atoms with Gasteiger partial charge < -0.3 is 5.32 Å². The summed E-state index contributed by atoms with van der Waals surface area (Å²) in [7, 11) is 0. The molecule has 0 saturated carbocycles. The molecule has 0 unspecified atom stereocenters. The van der Waals surface area contributed by atoms with Gasteiger partial charge in [-0.2, -0.15) is 0 Å². The van der Waals surface area contributed by atoms with Gasteiger partial charge in [0, 0.05) is 11.0 Å². The van der Waals surface area contributed by atoms with Crippen LogP contribution in [0.4, 0.5) is 14.5 Å². The quantitative estimate of drug-likeness (QED) is 0.810. The minimum absolute atomic E-state index is 0.0308. The van der Waals surface area contributed by atoms with E-state index < -0.39 is 17.5 Å². The van der Waals surface area contributed by atoms with E-state index in [2.05, 4.69) is 12.2 Å². The van der Waals surface area contributed by atoms with Gasteiger partial charge in [-0.25, -0.2) is 8.78 Å². The molecule has 5 heteroatoms. The van der Waals surface area contributed by atoms with Crippen molar-refractivity contribution < 1.29 is 13.6 Å². The lowest BCUT2D eigenvalue weighted by Gasteiger charge is -2.10. The Hall–Kier alpha value is -1.88. The Bertz CT molecular complexity index is 646. The maximum atomic E-state index is 13.6. The predicted molar refractivity (Wildman–Crippen MR) is 81.8 cm³/mol. The van der Waals surface area contributed by atoms with Gasteiger partial charge in [-0.3, -0.25) is 4.79 Å². The van der Waals surface area contributed by atoms with Crippen LogP contribution in [0.15, 0.2) is 47.4 Å². The Kier molecular flexibility index (Phi) is 5.33. The lowest BCUT2D eigenvalue weighted by Crippen LogP contribution is -2.14. The molecule has 0 radical (unpaired) electrons. The smallest absolute Gasteiger partial charge is 0.256 e. The second-order valence-corrected chi connectivity index (χ2v) is 5.56. The van der Waals surface area contributed by atoms with Crippen LogP contribution < -0.4 is 5.32 Å². The molecule has 0 saturated heterocycles. The Labute approximate surface area is 126 Å². The van der Waals surface area contributed by atoms with E-state index in [9.17, 15) is 13.6 Å². The molecule has 0 aliphatic heterocycles. The fourth-order valence-corrected chi connectivity index (χ4v) is 2.69. The van der Waals surface area contributed by atoms with Crippen molar-refractivity contribution in [3.8, 4) is 0 Å². The highest BCUT2D eigenvalue weighted by Gasteiger charge is 2.13. The molecule has 0 aliphatic rings. The van der Waals surface area contributed by atoms with Crippen LogP contribution in [0.2, 0.25) is 0 Å². The van der Waals surface area contributed by atoms with Crippen molar-refractivity contribution in [3.05, 3.63) is 59.7 Å². The maximum Gasteiger partial charge on any atom is 0.256 e. The lowest BCUT2D eigenvalue weighted by molar-refractivity contribution is 0.102. The summed E-state index contributed by atoms with van der Waals surface area (Å²) in [6, 6.07) is 10.2. The molecule has 0 atom stereocenters. The number of amides is 1. The summed E-state index contributed by atoms with van der Waals surface area (Å²) in [4.78, 5) is 13.1. The molecule has 2 nitrogen and oxygen atoms in total. The number of hydrogen-bond acceptors (Lipinski definition) is 2. The van der Waals surface area contributed by atoms with Crippen molar-refractivity contribution in [3.63, 3.8) is 0 Å². The van der Waals surface area contributed by atoms with E-state index in [-0.39, 0.29) is 5.69 Å². The summed E-state index contributed by atoms with van der Waals surface area (Å²) in [5.41, 5.74) is 0.455. The molecule has 2 aromatic carbocycles. The second kappa shape index (κ2) is 7.22. The summed E-state index contributed by atoms with van der Waals surface area (Å²) < 4.78 is 26.4. The molecular weight excluding hydrogens is 292 g/mol. The average Bonchev–Trinajstić information content (AvgIpc) is 2.48. The SMILES string of the molecule is CCCSc1ccccc1C(=O)Nc1ccc(F)cc1F. The highest BCUT2D eigenvalue weighted by atomic mass is 32.2. The van der Waals surface area contributed by atoms with E-state index in [4.69, 9.17) is 0 Å². The fraction of sp³-hybridized carbons (Fsp3) is 0.188. The number of carbonyl (C=O) groups is 1. The summed E-state index contributed by atoms with van der Waals surface area (Å²) in [5.74, 6) is -0.971. The van der Waals surface area contributed by atoms with Crippen LogP contribution in [-0.2, 0) is 0 Å². The molecule has 2 rings (SSSR count). The zero-order valence-corrected chi connectivity index (χ0v) is 12.3. The minimum atomic E-state index is -0.790. The number of thioether (sulfide) groups is 1. The topological polar surface area (TPSA) is 29.1 Å². The first kappa shape index (κ1) is 15.5. The fourth-order valence-electron chi connectivity index (χ4n) is 1.77. The van der Waals surface area contributed by atoms with E-state index >= 15 is 0 Å². The van der Waals surface area contributed by atoms with Crippen molar-refractivity contribution in [2.24, 2.45) is 0 Å². The van der Waals surface area contributed by atoms with Gasteiger partial charge in [-0.1, -0.05) is 19.1 Å². The van der Waals surface area contributed by atoms with Crippen LogP contribution in [0.25, 0.3) is 0 Å². The Morgan fingerprint density at radius 2 is 1.95 bits per heavy atom. The first-order valence-corrected chi connectivity index (χ1v) is 7.58. The molecule has 0 aliphatic carbocycles. The van der Waals surface area contributed by atoms with Crippen LogP contribution in [0, 0.1) is 11.6 Å². The predicted octanol–water partition coefficient (Wildman–Crippen LogP) is 4.72. The summed E-state index contributed by atoms with van der Waals surface area (Å²) >= 11 is 1.58. The molecule has 0 bridgehead atoms. The van der Waals surface area contributed by atoms with Crippen molar-refractivity contribution in [2.45, 2.75) is 18.2 Å². The highest BCUT2D eigenvalue weighted by Crippen LogP contribution is 2.24. The number of rotatable bonds is 5. The number of halogens is 2. The Balaban J connectivity index is 2.20. The molecule has 1 N–H and O–H groups in total. The average molecular weight is 307 g/mol. The molecule has 0 fully saturated rings. The van der Waals surface area contributed by atoms with E-state index in [1.165, 1.54) is 6.07 Å². The first-order valence-electron chi connectivity index (χ1n) is 6.60. The maximum absolute atomic E-state index is 13.6. The van der Waals surface area contributed by atoms with Crippen molar-refractivity contribution >= 4 is 23.4 Å². The number of benzene rings is 2. The second-order valence-electron chi connectivity index (χ2n) is 4.42. The number of anilines is 1. The molecule has 1 amide bonds. The van der Waals surface area contributed by atoms with Gasteiger partial charge in [0.05, 0.1) is 11.3 Å². The summed E-state index contributed by atoms with van der Waals surface area (Å²) in [6.45, 7) is 2.06. The molecule has 21 heavy (non-hydrogen) atoms. The molecule has 0 heterocycles. The highest BCUT2D eigenvalue weighted by molar-refractivity contribution is 7.99. The molecule has 0 aromatic heterocycles. The largest absolute Gasteiger partial charge is 0.319 e. The molecule has 2 aromatic rings. The van der Waals surface area contributed by atoms with Gasteiger partial charge in [-0.15, -0.1) is 11.8 Å². The third kappa shape index (κ3) is 4.04. The zero-order valence-electron chi connectivity index (χ0n) is 11.5. The standard InChI is InChI=1S/C16H15F2NOS/c1-2-9-21-15-6-4-3-5-12(15)16(20)19-14-8-7-11(17)10-13(14)18/h3-8,10H,2,9H2,1H3,(H,19,20). The molecule has 110 valence electrons. The zero-order chi connectivity index (χ0) is 15.2. The first-order chi connectivity index (χ1) is 10.1. The van der Waals surface area contributed by atoms with Crippen LogP contribution in [0.1, 0.15) is 23.7 Å². The van der Waals surface area contributed by atoms with Crippen molar-refractivity contribution in [2.75, 3.05) is 11.1 Å². The normalized spacial score (nSPS) is 10.4. The third-order valence-corrected chi connectivity index (χ3v) is 4.05. The lowest BCUT2D eigenvalue weighted by atomic mass is 10.2. The van der Waals surface area contributed by atoms with Crippen molar-refractivity contribution in [1.29, 1.82) is 0 Å². The van der Waals surface area contributed by atoms with Gasteiger partial charge in [0.1, 0.15) is 11.6 Å². The van der Waals surface area contributed by atoms with Gasteiger partial charge in [0.2, 0.25) is 0 Å². The van der Waals surface area contributed by atoms with Crippen LogP contribution in [0.5, 0.6) is 0 Å². The number of carbonyl (C=O) groups excluding carboxylic acids is 1. The van der Waals surface area contributed by atoms with Crippen LogP contribution in [-0.4, -0.2) is 11.7 Å². The summed E-state index contributed by atoms with van der Waals surface area (Å²) in [6.07, 6.45) is 0.993. The van der Waals surface area contributed by atoms with Crippen LogP contribution >= 0.6 is 11.8 Å². The Morgan fingerprint density at radius 3 is 2.67 bits per heavy atom. The number of hydrogen-bond donors (Lipinski definition) is 1. The van der Waals surface area contributed by atoms with Crippen molar-refractivity contribution in [1.82, 2.24) is 0 Å². The third-order valence-electron chi connectivity index (χ3n) is 2.77. The number of nitrogens with one attached hydrogen (secondary N) is 1. The summed E-state index contributed by atoms with van der Waals surface area (Å²) in [5, 5.41) is 2.48. The van der Waals surface area contributed by atoms with Crippen LogP contribution in [0.3, 0.4) is 0 Å².